The number of hydrogen-bond acceptors (Lipinski definition) is 13. The highest BCUT2D eigenvalue weighted by atomic mass is 16.7. The Bertz CT molecular complexity index is 1190. The van der Waals surface area contributed by atoms with E-state index in [-0.39, 0.29) is 30.5 Å². The van der Waals surface area contributed by atoms with Crippen LogP contribution in [0, 0.1) is 11.8 Å². The minimum atomic E-state index is -1.63. The molecule has 9 atom stereocenters. The van der Waals surface area contributed by atoms with Gasteiger partial charge in [-0.1, -0.05) is 12.1 Å². The van der Waals surface area contributed by atoms with Crippen LogP contribution in [0.15, 0.2) is 36.4 Å². The number of methoxy groups -OCH3 is 1. The predicted octanol–water partition coefficient (Wildman–Crippen LogP) is -0.841. The number of esters is 1. The molecule has 3 heterocycles. The molecule has 0 aliphatic carbocycles. The van der Waals surface area contributed by atoms with Crippen LogP contribution in [-0.4, -0.2) is 94.4 Å². The van der Waals surface area contributed by atoms with Crippen LogP contribution in [0.1, 0.15) is 23.3 Å². The van der Waals surface area contributed by atoms with Gasteiger partial charge in [0.1, 0.15) is 24.4 Å². The second-order valence-corrected chi connectivity index (χ2v) is 9.55. The molecule has 2 aromatic carbocycles. The fraction of sp³-hybridized carbons (Fsp3) is 0.500. The van der Waals surface area contributed by atoms with Crippen molar-refractivity contribution in [2.75, 3.05) is 27.1 Å². The van der Waals surface area contributed by atoms with Crippen molar-refractivity contribution in [2.45, 2.75) is 42.9 Å². The van der Waals surface area contributed by atoms with Gasteiger partial charge >= 0.3 is 5.97 Å². The van der Waals surface area contributed by atoms with Crippen molar-refractivity contribution in [3.63, 3.8) is 0 Å². The lowest BCUT2D eigenvalue weighted by Crippen LogP contribution is -2.60. The molecular weight excluding hydrogens is 520 g/mol. The molecule has 0 unspecified atom stereocenters. The smallest absolute Gasteiger partial charge is 0.312 e. The van der Waals surface area contributed by atoms with E-state index >= 15 is 0 Å². The van der Waals surface area contributed by atoms with Gasteiger partial charge in [0.25, 0.3) is 0 Å². The molecule has 5 rings (SSSR count). The van der Waals surface area contributed by atoms with Crippen molar-refractivity contribution < 1.29 is 63.9 Å². The van der Waals surface area contributed by atoms with Crippen LogP contribution in [0.4, 0.5) is 0 Å². The third-order valence-electron chi connectivity index (χ3n) is 7.26. The molecule has 2 aromatic rings. The van der Waals surface area contributed by atoms with E-state index in [1.807, 2.05) is 0 Å². The number of rotatable bonds is 8. The molecule has 3 aliphatic rings. The molecule has 0 bridgehead atoms. The number of aliphatic hydroxyl groups excluding tert-OH is 6. The van der Waals surface area contributed by atoms with Crippen molar-refractivity contribution >= 4 is 5.97 Å². The molecule has 2 saturated heterocycles. The first-order chi connectivity index (χ1) is 18.7. The van der Waals surface area contributed by atoms with Crippen molar-refractivity contribution in [3.05, 3.63) is 47.5 Å². The maximum absolute atomic E-state index is 12.7. The maximum atomic E-state index is 12.7. The Morgan fingerprint density at radius 2 is 1.62 bits per heavy atom. The zero-order valence-electron chi connectivity index (χ0n) is 20.8. The Morgan fingerprint density at radius 3 is 2.36 bits per heavy atom. The predicted molar refractivity (Wildman–Crippen MR) is 128 cm³/mol. The standard InChI is InChI=1S/C26H30O13/c1-34-16-6-12(3-5-15(16)38-26-24(32)23(31)22(30)18(8-27)39-26)21(29)19-13(9-35-25(19)33)20(28)11-2-4-14-17(7-11)37-10-36-14/h2-7,13,18-24,26-32H,8-10H2,1H3/t13-,18+,19-,20+,21+,22+,23-,24+,26+/m0/s1. The lowest BCUT2D eigenvalue weighted by molar-refractivity contribution is -0.277. The molecule has 13 heteroatoms. The van der Waals surface area contributed by atoms with E-state index in [1.54, 1.807) is 18.2 Å². The topological polar surface area (TPSA) is 194 Å². The van der Waals surface area contributed by atoms with E-state index in [0.29, 0.717) is 17.1 Å². The summed E-state index contributed by atoms with van der Waals surface area (Å²) >= 11 is 0. The van der Waals surface area contributed by atoms with Crippen LogP contribution < -0.4 is 18.9 Å². The maximum Gasteiger partial charge on any atom is 0.312 e. The molecule has 0 spiro atoms. The number of fused-ring (bicyclic) bond motifs is 1. The molecule has 0 aromatic heterocycles. The lowest BCUT2D eigenvalue weighted by atomic mass is 9.81. The molecule has 0 radical (unpaired) electrons. The third-order valence-corrected chi connectivity index (χ3v) is 7.26. The van der Waals surface area contributed by atoms with E-state index in [4.69, 9.17) is 28.4 Å². The summed E-state index contributed by atoms with van der Waals surface area (Å²) in [5, 5.41) is 62.0. The monoisotopic (exact) mass is 550 g/mol. The molecule has 2 fully saturated rings. The summed E-state index contributed by atoms with van der Waals surface area (Å²) in [5.74, 6) is -1.39. The number of hydrogen-bond donors (Lipinski definition) is 6. The summed E-state index contributed by atoms with van der Waals surface area (Å²) in [6.45, 7) is -0.658. The Morgan fingerprint density at radius 1 is 0.897 bits per heavy atom. The van der Waals surface area contributed by atoms with Gasteiger partial charge in [-0.05, 0) is 35.4 Å². The van der Waals surface area contributed by atoms with Gasteiger partial charge in [0.15, 0.2) is 23.0 Å². The molecule has 0 amide bonds. The van der Waals surface area contributed by atoms with Gasteiger partial charge in [-0.15, -0.1) is 0 Å². The number of carbonyl (C=O) groups is 1. The first-order valence-electron chi connectivity index (χ1n) is 12.3. The van der Waals surface area contributed by atoms with E-state index in [9.17, 15) is 35.4 Å². The normalized spacial score (nSPS) is 31.5. The van der Waals surface area contributed by atoms with Crippen LogP contribution >= 0.6 is 0 Å². The van der Waals surface area contributed by atoms with Gasteiger partial charge in [0, 0.05) is 5.92 Å². The summed E-state index contributed by atoms with van der Waals surface area (Å²) < 4.78 is 32.3. The number of carbonyl (C=O) groups excluding carboxylic acids is 1. The quantitative estimate of drug-likeness (QED) is 0.223. The van der Waals surface area contributed by atoms with E-state index in [0.717, 1.165) is 0 Å². The van der Waals surface area contributed by atoms with Crippen LogP contribution in [-0.2, 0) is 14.3 Å². The van der Waals surface area contributed by atoms with E-state index in [1.165, 1.54) is 25.3 Å². The molecule has 3 aliphatic heterocycles. The zero-order chi connectivity index (χ0) is 27.8. The van der Waals surface area contributed by atoms with E-state index < -0.39 is 67.3 Å². The summed E-state index contributed by atoms with van der Waals surface area (Å²) in [7, 11) is 1.33. The molecule has 13 nitrogen and oxygen atoms in total. The van der Waals surface area contributed by atoms with Crippen LogP contribution in [0.3, 0.4) is 0 Å². The fourth-order valence-electron chi connectivity index (χ4n) is 5.01. The van der Waals surface area contributed by atoms with Gasteiger partial charge in [-0.25, -0.2) is 0 Å². The molecule has 6 N–H and O–H groups in total. The minimum Gasteiger partial charge on any atom is -0.493 e. The Balaban J connectivity index is 1.35. The van der Waals surface area contributed by atoms with E-state index in [2.05, 4.69) is 0 Å². The van der Waals surface area contributed by atoms with Gasteiger partial charge in [0.05, 0.1) is 38.4 Å². The summed E-state index contributed by atoms with van der Waals surface area (Å²) in [4.78, 5) is 12.7. The first kappa shape index (κ1) is 27.4. The average molecular weight is 551 g/mol. The molecule has 0 saturated carbocycles. The Hall–Kier alpha value is -3.17. The number of aliphatic hydroxyl groups is 6. The first-order valence-corrected chi connectivity index (χ1v) is 12.3. The summed E-state index contributed by atoms with van der Waals surface area (Å²) in [6, 6.07) is 9.21. The number of cyclic esters (lactones) is 1. The van der Waals surface area contributed by atoms with Crippen molar-refractivity contribution in [1.82, 2.24) is 0 Å². The van der Waals surface area contributed by atoms with Crippen molar-refractivity contribution in [1.29, 1.82) is 0 Å². The highest BCUT2D eigenvalue weighted by Gasteiger charge is 2.47. The van der Waals surface area contributed by atoms with Crippen molar-refractivity contribution in [2.24, 2.45) is 11.8 Å². The SMILES string of the molecule is COc1cc([C@@H](O)[C@H]2C(=O)OC[C@@H]2[C@H](O)c2ccc3c(c2)OCO3)ccc1O[C@@H]1O[C@H](CO)[C@@H](O)[C@H](O)[C@H]1O. The highest BCUT2D eigenvalue weighted by Crippen LogP contribution is 2.44. The van der Waals surface area contributed by atoms with Gasteiger partial charge in [-0.2, -0.15) is 0 Å². The van der Waals surface area contributed by atoms with Gasteiger partial charge in [-0.3, -0.25) is 4.79 Å². The largest absolute Gasteiger partial charge is 0.493 e. The van der Waals surface area contributed by atoms with Crippen molar-refractivity contribution in [3.8, 4) is 23.0 Å². The molecule has 212 valence electrons. The third kappa shape index (κ3) is 5.10. The van der Waals surface area contributed by atoms with Gasteiger partial charge in [0.2, 0.25) is 13.1 Å². The van der Waals surface area contributed by atoms with Crippen LogP contribution in [0.2, 0.25) is 0 Å². The second-order valence-electron chi connectivity index (χ2n) is 9.55. The average Bonchev–Trinajstić information content (AvgIpc) is 3.58. The zero-order valence-corrected chi connectivity index (χ0v) is 20.8. The number of ether oxygens (including phenoxy) is 6. The number of benzene rings is 2. The minimum absolute atomic E-state index is 0.0590. The van der Waals surface area contributed by atoms with Gasteiger partial charge < -0.3 is 59.1 Å². The summed E-state index contributed by atoms with van der Waals surface area (Å²) in [6.07, 6.45) is -9.96. The van der Waals surface area contributed by atoms with Crippen LogP contribution in [0.25, 0.3) is 0 Å². The summed E-state index contributed by atoms with van der Waals surface area (Å²) in [5.41, 5.74) is 0.736. The second kappa shape index (κ2) is 11.1. The Kier molecular flexibility index (Phi) is 7.82. The van der Waals surface area contributed by atoms with Crippen LogP contribution in [0.5, 0.6) is 23.0 Å². The Labute approximate surface area is 222 Å². The lowest BCUT2D eigenvalue weighted by Gasteiger charge is -2.39. The highest BCUT2D eigenvalue weighted by molar-refractivity contribution is 5.76. The fourth-order valence-corrected chi connectivity index (χ4v) is 5.01. The molecular formula is C26H30O13. The molecule has 39 heavy (non-hydrogen) atoms.